The molecule has 1 amide bonds. The molecule has 0 aromatic heterocycles. The molecule has 1 aromatic carbocycles. The predicted octanol–water partition coefficient (Wildman–Crippen LogP) is 0.935. The van der Waals surface area contributed by atoms with Crippen LogP contribution in [0.5, 0.6) is 0 Å². The van der Waals surface area contributed by atoms with Gasteiger partial charge >= 0.3 is 0 Å². The predicted molar refractivity (Wildman–Crippen MR) is 93.4 cm³/mol. The van der Waals surface area contributed by atoms with Gasteiger partial charge < -0.3 is 16.4 Å². The van der Waals surface area contributed by atoms with Crippen LogP contribution >= 0.6 is 0 Å². The molecule has 126 valence electrons. The fourth-order valence-corrected chi connectivity index (χ4v) is 2.95. The van der Waals surface area contributed by atoms with E-state index < -0.39 is 5.91 Å². The number of hydrogen-bond acceptors (Lipinski definition) is 3. The van der Waals surface area contributed by atoms with Crippen LogP contribution in [0.25, 0.3) is 0 Å². The first-order valence-corrected chi connectivity index (χ1v) is 8.21. The number of nitrogens with two attached hydrogens (primary N) is 1. The highest BCUT2D eigenvalue weighted by Gasteiger charge is 2.22. The molecule has 6 heteroatoms. The van der Waals surface area contributed by atoms with Gasteiger partial charge in [-0.2, -0.15) is 0 Å². The minimum atomic E-state index is -0.404. The number of carbonyl (C=O) groups is 1. The highest BCUT2D eigenvalue weighted by Crippen LogP contribution is 2.15. The van der Waals surface area contributed by atoms with Gasteiger partial charge in [0, 0.05) is 31.7 Å². The van der Waals surface area contributed by atoms with Crippen molar-refractivity contribution in [2.24, 2.45) is 10.7 Å². The fourth-order valence-electron chi connectivity index (χ4n) is 2.95. The second-order valence-corrected chi connectivity index (χ2v) is 5.79. The van der Waals surface area contributed by atoms with E-state index in [0.29, 0.717) is 18.2 Å². The lowest BCUT2D eigenvalue weighted by Crippen LogP contribution is -2.44. The molecule has 0 spiro atoms. The van der Waals surface area contributed by atoms with Gasteiger partial charge in [0.2, 0.25) is 5.91 Å². The van der Waals surface area contributed by atoms with Gasteiger partial charge in [0.15, 0.2) is 5.96 Å². The standard InChI is InChI=1S/C17H27N5O/c1-3-22-10-4-5-15(22)12-21-17(19-2)20-11-13-6-8-14(9-7-13)16(18)23/h6-9,15H,3-5,10-12H2,1-2H3,(H2,18,23)(H2,19,20,21). The van der Waals surface area contributed by atoms with Crippen LogP contribution in [0.2, 0.25) is 0 Å². The summed E-state index contributed by atoms with van der Waals surface area (Å²) in [5, 5.41) is 6.69. The van der Waals surface area contributed by atoms with Crippen LogP contribution in [0.1, 0.15) is 35.7 Å². The summed E-state index contributed by atoms with van der Waals surface area (Å²) < 4.78 is 0. The molecule has 1 aliphatic heterocycles. The van der Waals surface area contributed by atoms with E-state index in [2.05, 4.69) is 27.4 Å². The van der Waals surface area contributed by atoms with E-state index in [0.717, 1.165) is 24.6 Å². The van der Waals surface area contributed by atoms with Crippen molar-refractivity contribution in [3.8, 4) is 0 Å². The SMILES string of the molecule is CCN1CCCC1CNC(=NC)NCc1ccc(C(N)=O)cc1. The highest BCUT2D eigenvalue weighted by atomic mass is 16.1. The van der Waals surface area contributed by atoms with Crippen molar-refractivity contribution in [1.82, 2.24) is 15.5 Å². The van der Waals surface area contributed by atoms with E-state index in [9.17, 15) is 4.79 Å². The Morgan fingerprint density at radius 3 is 2.70 bits per heavy atom. The van der Waals surface area contributed by atoms with Crippen LogP contribution in [0.3, 0.4) is 0 Å². The van der Waals surface area contributed by atoms with E-state index in [4.69, 9.17) is 5.73 Å². The van der Waals surface area contributed by atoms with Gasteiger partial charge in [-0.05, 0) is 43.6 Å². The Hall–Kier alpha value is -2.08. The number of hydrogen-bond donors (Lipinski definition) is 3. The van der Waals surface area contributed by atoms with Gasteiger partial charge in [0.1, 0.15) is 0 Å². The molecular weight excluding hydrogens is 290 g/mol. The lowest BCUT2D eigenvalue weighted by atomic mass is 10.1. The van der Waals surface area contributed by atoms with Crippen LogP contribution in [-0.2, 0) is 6.54 Å². The van der Waals surface area contributed by atoms with Gasteiger partial charge in [-0.1, -0.05) is 19.1 Å². The smallest absolute Gasteiger partial charge is 0.248 e. The first-order chi connectivity index (χ1) is 11.1. The summed E-state index contributed by atoms with van der Waals surface area (Å²) in [7, 11) is 1.78. The molecule has 4 N–H and O–H groups in total. The van der Waals surface area contributed by atoms with E-state index in [1.54, 1.807) is 19.2 Å². The van der Waals surface area contributed by atoms with E-state index in [-0.39, 0.29) is 0 Å². The van der Waals surface area contributed by atoms with Crippen molar-refractivity contribution in [2.75, 3.05) is 26.7 Å². The molecule has 0 aliphatic carbocycles. The maximum absolute atomic E-state index is 11.1. The van der Waals surface area contributed by atoms with Crippen LogP contribution in [0, 0.1) is 0 Å². The average Bonchev–Trinajstić information content (AvgIpc) is 3.03. The van der Waals surface area contributed by atoms with Crippen molar-refractivity contribution in [1.29, 1.82) is 0 Å². The second-order valence-electron chi connectivity index (χ2n) is 5.79. The maximum Gasteiger partial charge on any atom is 0.248 e. The normalized spacial score (nSPS) is 18.9. The van der Waals surface area contributed by atoms with Crippen molar-refractivity contribution in [2.45, 2.75) is 32.4 Å². The van der Waals surface area contributed by atoms with Crippen LogP contribution in [-0.4, -0.2) is 49.5 Å². The number of likely N-dealkylation sites (N-methyl/N-ethyl adjacent to an activating group) is 1. The van der Waals surface area contributed by atoms with E-state index >= 15 is 0 Å². The molecule has 6 nitrogen and oxygen atoms in total. The Morgan fingerprint density at radius 2 is 2.09 bits per heavy atom. The Balaban J connectivity index is 1.79. The summed E-state index contributed by atoms with van der Waals surface area (Å²) in [5.41, 5.74) is 6.84. The number of amides is 1. The van der Waals surface area contributed by atoms with Crippen LogP contribution < -0.4 is 16.4 Å². The molecule has 0 saturated carbocycles. The average molecular weight is 317 g/mol. The minimum Gasteiger partial charge on any atom is -0.366 e. The van der Waals surface area contributed by atoms with Gasteiger partial charge in [-0.15, -0.1) is 0 Å². The summed E-state index contributed by atoms with van der Waals surface area (Å²) in [5.74, 6) is 0.394. The third-order valence-electron chi connectivity index (χ3n) is 4.33. The molecule has 1 unspecified atom stereocenters. The van der Waals surface area contributed by atoms with Crippen LogP contribution in [0.4, 0.5) is 0 Å². The maximum atomic E-state index is 11.1. The number of primary amides is 1. The largest absolute Gasteiger partial charge is 0.366 e. The number of nitrogens with one attached hydrogen (secondary N) is 2. The van der Waals surface area contributed by atoms with Gasteiger partial charge in [-0.3, -0.25) is 14.7 Å². The zero-order valence-electron chi connectivity index (χ0n) is 14.0. The quantitative estimate of drug-likeness (QED) is 0.538. The molecule has 1 aromatic rings. The Labute approximate surface area is 138 Å². The second kappa shape index (κ2) is 8.53. The number of carbonyl (C=O) groups excluding carboxylic acids is 1. The van der Waals surface area contributed by atoms with Crippen LogP contribution in [0.15, 0.2) is 29.3 Å². The third kappa shape index (κ3) is 4.96. The Bertz CT molecular complexity index is 540. The summed E-state index contributed by atoms with van der Waals surface area (Å²) in [6, 6.07) is 7.88. The van der Waals surface area contributed by atoms with Crippen molar-refractivity contribution < 1.29 is 4.79 Å². The number of nitrogens with zero attached hydrogens (tertiary/aromatic N) is 2. The molecule has 0 bridgehead atoms. The number of aliphatic imine (C=N–C) groups is 1. The molecule has 1 atom stereocenters. The zero-order chi connectivity index (χ0) is 16.7. The van der Waals surface area contributed by atoms with Gasteiger partial charge in [0.05, 0.1) is 0 Å². The topological polar surface area (TPSA) is 82.8 Å². The summed E-state index contributed by atoms with van der Waals surface area (Å²) in [4.78, 5) is 17.8. The van der Waals surface area contributed by atoms with Gasteiger partial charge in [-0.25, -0.2) is 0 Å². The van der Waals surface area contributed by atoms with Crippen molar-refractivity contribution >= 4 is 11.9 Å². The number of rotatable bonds is 6. The monoisotopic (exact) mass is 317 g/mol. The molecule has 23 heavy (non-hydrogen) atoms. The lowest BCUT2D eigenvalue weighted by molar-refractivity contribution is 0.100. The first kappa shape index (κ1) is 17.3. The summed E-state index contributed by atoms with van der Waals surface area (Å²) in [6.07, 6.45) is 2.52. The molecule has 1 saturated heterocycles. The van der Waals surface area contributed by atoms with Crippen molar-refractivity contribution in [3.05, 3.63) is 35.4 Å². The first-order valence-electron chi connectivity index (χ1n) is 8.21. The Morgan fingerprint density at radius 1 is 1.35 bits per heavy atom. The molecule has 0 radical (unpaired) electrons. The number of guanidine groups is 1. The van der Waals surface area contributed by atoms with E-state index in [1.807, 2.05) is 12.1 Å². The zero-order valence-corrected chi connectivity index (χ0v) is 14.0. The minimum absolute atomic E-state index is 0.404. The number of likely N-dealkylation sites (tertiary alicyclic amines) is 1. The molecule has 1 heterocycles. The molecular formula is C17H27N5O. The Kier molecular flexibility index (Phi) is 6.40. The lowest BCUT2D eigenvalue weighted by Gasteiger charge is -2.24. The third-order valence-corrected chi connectivity index (χ3v) is 4.33. The summed E-state index contributed by atoms with van der Waals surface area (Å²) >= 11 is 0. The van der Waals surface area contributed by atoms with E-state index in [1.165, 1.54) is 19.4 Å². The molecule has 2 rings (SSSR count). The fraction of sp³-hybridized carbons (Fsp3) is 0.529. The highest BCUT2D eigenvalue weighted by molar-refractivity contribution is 5.92. The van der Waals surface area contributed by atoms with Crippen molar-refractivity contribution in [3.63, 3.8) is 0 Å². The number of benzene rings is 1. The van der Waals surface area contributed by atoms with Gasteiger partial charge in [0.25, 0.3) is 0 Å². The summed E-state index contributed by atoms with van der Waals surface area (Å²) in [6.45, 7) is 6.07. The molecule has 1 aliphatic rings. The molecule has 1 fully saturated rings.